The van der Waals surface area contributed by atoms with Gasteiger partial charge >= 0.3 is 5.97 Å². The van der Waals surface area contributed by atoms with E-state index in [0.29, 0.717) is 6.42 Å². The predicted molar refractivity (Wildman–Crippen MR) is 65.2 cm³/mol. The fourth-order valence-electron chi connectivity index (χ4n) is 1.51. The molecule has 0 bridgehead atoms. The van der Waals surface area contributed by atoms with Crippen molar-refractivity contribution in [2.24, 2.45) is 5.16 Å². The van der Waals surface area contributed by atoms with Crippen LogP contribution in [0.15, 0.2) is 35.5 Å². The average Bonchev–Trinajstić information content (AvgIpc) is 2.36. The molecule has 1 rings (SSSR count). The van der Waals surface area contributed by atoms with E-state index < -0.39 is 5.97 Å². The van der Waals surface area contributed by atoms with Crippen LogP contribution in [0, 0.1) is 0 Å². The van der Waals surface area contributed by atoms with Crippen molar-refractivity contribution in [1.82, 2.24) is 0 Å². The highest BCUT2D eigenvalue weighted by molar-refractivity contribution is 6.36. The summed E-state index contributed by atoms with van der Waals surface area (Å²) >= 11 is 0. The Labute approximate surface area is 101 Å². The number of aryl methyl sites for hydroxylation is 1. The summed E-state index contributed by atoms with van der Waals surface area (Å²) in [5.74, 6) is -0.539. The zero-order valence-electron chi connectivity index (χ0n) is 9.93. The molecule has 1 N–H and O–H groups in total. The lowest BCUT2D eigenvalue weighted by atomic mass is 10.1. The lowest BCUT2D eigenvalue weighted by Crippen LogP contribution is -2.17. The van der Waals surface area contributed by atoms with Crippen LogP contribution in [0.4, 0.5) is 0 Å². The summed E-state index contributed by atoms with van der Waals surface area (Å²) < 4.78 is 4.77. The Bertz CT molecular complexity index is 374. The van der Waals surface area contributed by atoms with E-state index in [1.54, 1.807) is 6.92 Å². The summed E-state index contributed by atoms with van der Waals surface area (Å²) in [5.41, 5.74) is 1.29. The maximum atomic E-state index is 11.3. The van der Waals surface area contributed by atoms with Crippen molar-refractivity contribution in [1.29, 1.82) is 0 Å². The van der Waals surface area contributed by atoms with E-state index in [2.05, 4.69) is 5.16 Å². The van der Waals surface area contributed by atoms with Crippen molar-refractivity contribution >= 4 is 11.7 Å². The average molecular weight is 235 g/mol. The molecule has 0 saturated heterocycles. The highest BCUT2D eigenvalue weighted by Gasteiger charge is 2.12. The van der Waals surface area contributed by atoms with Gasteiger partial charge in [-0.05, 0) is 25.3 Å². The summed E-state index contributed by atoms with van der Waals surface area (Å²) in [5, 5.41) is 11.7. The quantitative estimate of drug-likeness (QED) is 0.356. The van der Waals surface area contributed by atoms with Gasteiger partial charge in [0.1, 0.15) is 0 Å². The van der Waals surface area contributed by atoms with E-state index in [4.69, 9.17) is 9.94 Å². The molecule has 1 aromatic rings. The highest BCUT2D eigenvalue weighted by atomic mass is 16.5. The van der Waals surface area contributed by atoms with E-state index in [1.165, 1.54) is 5.56 Å². The third kappa shape index (κ3) is 4.68. The first-order valence-electron chi connectivity index (χ1n) is 5.70. The number of esters is 1. The fourth-order valence-corrected chi connectivity index (χ4v) is 1.51. The molecule has 0 amide bonds. The maximum absolute atomic E-state index is 11.3. The Balaban J connectivity index is 2.37. The summed E-state index contributed by atoms with van der Waals surface area (Å²) in [6, 6.07) is 9.96. The Morgan fingerprint density at radius 2 is 2.06 bits per heavy atom. The van der Waals surface area contributed by atoms with Crippen LogP contribution in [0.3, 0.4) is 0 Å². The van der Waals surface area contributed by atoms with E-state index in [1.807, 2.05) is 30.3 Å². The number of hydrogen-bond acceptors (Lipinski definition) is 4. The van der Waals surface area contributed by atoms with Crippen LogP contribution in [0.5, 0.6) is 0 Å². The van der Waals surface area contributed by atoms with Gasteiger partial charge in [0.25, 0.3) is 0 Å². The second-order valence-corrected chi connectivity index (χ2v) is 3.61. The van der Waals surface area contributed by atoms with Gasteiger partial charge in [-0.2, -0.15) is 0 Å². The van der Waals surface area contributed by atoms with E-state index in [-0.39, 0.29) is 12.3 Å². The van der Waals surface area contributed by atoms with E-state index in [9.17, 15) is 4.79 Å². The topological polar surface area (TPSA) is 58.9 Å². The van der Waals surface area contributed by atoms with Crippen LogP contribution in [0.1, 0.15) is 25.3 Å². The summed E-state index contributed by atoms with van der Waals surface area (Å²) in [6.07, 6.45) is 2.02. The molecule has 0 saturated carbocycles. The molecule has 0 heterocycles. The van der Waals surface area contributed by atoms with Crippen molar-refractivity contribution in [2.75, 3.05) is 6.61 Å². The molecule has 0 fully saturated rings. The first kappa shape index (κ1) is 13.2. The molecule has 4 nitrogen and oxygen atoms in total. The molecule has 1 aromatic carbocycles. The van der Waals surface area contributed by atoms with Gasteiger partial charge < -0.3 is 9.94 Å². The van der Waals surface area contributed by atoms with Crippen LogP contribution >= 0.6 is 0 Å². The Kier molecular flexibility index (Phi) is 5.79. The van der Waals surface area contributed by atoms with Crippen LogP contribution in [-0.4, -0.2) is 23.5 Å². The third-order valence-corrected chi connectivity index (χ3v) is 2.35. The number of nitrogens with zero attached hydrogens (tertiary/aromatic N) is 1. The number of benzene rings is 1. The first-order valence-corrected chi connectivity index (χ1v) is 5.70. The second-order valence-electron chi connectivity index (χ2n) is 3.61. The fraction of sp³-hybridized carbons (Fsp3) is 0.385. The van der Waals surface area contributed by atoms with Gasteiger partial charge in [0.2, 0.25) is 0 Å². The molecule has 0 radical (unpaired) electrons. The van der Waals surface area contributed by atoms with Crippen LogP contribution in [-0.2, 0) is 16.0 Å². The van der Waals surface area contributed by atoms with Crippen molar-refractivity contribution in [3.05, 3.63) is 35.9 Å². The third-order valence-electron chi connectivity index (χ3n) is 2.35. The molecule has 92 valence electrons. The number of carbonyl (C=O) groups is 1. The molecule has 0 spiro atoms. The summed E-state index contributed by atoms with van der Waals surface area (Å²) in [7, 11) is 0. The standard InChI is InChI=1S/C13H17NO3/c1-2-17-13(15)12(14-16)10-6-9-11-7-4-3-5-8-11/h3-5,7-8,16H,2,6,9-10H2,1H3. The summed E-state index contributed by atoms with van der Waals surface area (Å²) in [6.45, 7) is 2.01. The minimum atomic E-state index is -0.539. The van der Waals surface area contributed by atoms with Gasteiger partial charge in [-0.15, -0.1) is 0 Å². The largest absolute Gasteiger partial charge is 0.461 e. The minimum absolute atomic E-state index is 0.0859. The van der Waals surface area contributed by atoms with E-state index >= 15 is 0 Å². The zero-order chi connectivity index (χ0) is 12.5. The second kappa shape index (κ2) is 7.44. The van der Waals surface area contributed by atoms with Gasteiger partial charge in [0.15, 0.2) is 5.71 Å². The molecule has 0 aliphatic carbocycles. The predicted octanol–water partition coefficient (Wildman–Crippen LogP) is 2.40. The molecule has 0 aromatic heterocycles. The Hall–Kier alpha value is -1.84. The normalized spacial score (nSPS) is 11.2. The van der Waals surface area contributed by atoms with Crippen molar-refractivity contribution in [2.45, 2.75) is 26.2 Å². The van der Waals surface area contributed by atoms with E-state index in [0.717, 1.165) is 12.8 Å². The molecule has 17 heavy (non-hydrogen) atoms. The summed E-state index contributed by atoms with van der Waals surface area (Å²) in [4.78, 5) is 11.3. The van der Waals surface area contributed by atoms with Gasteiger partial charge in [-0.25, -0.2) is 4.79 Å². The Morgan fingerprint density at radius 1 is 1.35 bits per heavy atom. The minimum Gasteiger partial charge on any atom is -0.461 e. The van der Waals surface area contributed by atoms with Crippen molar-refractivity contribution in [3.8, 4) is 0 Å². The van der Waals surface area contributed by atoms with Crippen LogP contribution in [0.25, 0.3) is 0 Å². The van der Waals surface area contributed by atoms with Gasteiger partial charge in [-0.1, -0.05) is 35.5 Å². The molecule has 0 aliphatic heterocycles. The molecule has 4 heteroatoms. The van der Waals surface area contributed by atoms with Crippen LogP contribution < -0.4 is 0 Å². The van der Waals surface area contributed by atoms with Crippen molar-refractivity contribution in [3.63, 3.8) is 0 Å². The lowest BCUT2D eigenvalue weighted by molar-refractivity contribution is -0.135. The lowest BCUT2D eigenvalue weighted by Gasteiger charge is -2.04. The van der Waals surface area contributed by atoms with Crippen molar-refractivity contribution < 1.29 is 14.7 Å². The molecular formula is C13H17NO3. The number of hydrogen-bond donors (Lipinski definition) is 1. The molecule has 0 atom stereocenters. The highest BCUT2D eigenvalue weighted by Crippen LogP contribution is 2.06. The molecule has 0 unspecified atom stereocenters. The number of carbonyl (C=O) groups excluding carboxylic acids is 1. The first-order chi connectivity index (χ1) is 8.27. The molecular weight excluding hydrogens is 218 g/mol. The van der Waals surface area contributed by atoms with Gasteiger partial charge in [0.05, 0.1) is 6.61 Å². The SMILES string of the molecule is CCOC(=O)C(CCCc1ccccc1)=NO. The van der Waals surface area contributed by atoms with Gasteiger partial charge in [0, 0.05) is 6.42 Å². The van der Waals surface area contributed by atoms with Gasteiger partial charge in [-0.3, -0.25) is 0 Å². The maximum Gasteiger partial charge on any atom is 0.356 e. The Morgan fingerprint density at radius 3 is 2.65 bits per heavy atom. The van der Waals surface area contributed by atoms with Crippen LogP contribution in [0.2, 0.25) is 0 Å². The number of rotatable bonds is 6. The smallest absolute Gasteiger partial charge is 0.356 e. The zero-order valence-corrected chi connectivity index (χ0v) is 9.93. The number of ether oxygens (including phenoxy) is 1. The number of oxime groups is 1. The molecule has 0 aliphatic rings. The monoisotopic (exact) mass is 235 g/mol.